The Labute approximate surface area is 422 Å². The maximum Gasteiger partial charge on any atom is 0.144 e. The van der Waals surface area contributed by atoms with Crippen molar-refractivity contribution in [2.45, 2.75) is 97.8 Å². The molecule has 2 heterocycles. The van der Waals surface area contributed by atoms with E-state index in [2.05, 4.69) is 239 Å². The van der Waals surface area contributed by atoms with Gasteiger partial charge in [0.15, 0.2) is 0 Å². The zero-order valence-corrected chi connectivity index (χ0v) is 43.3. The molecule has 352 valence electrons. The Morgan fingerprint density at radius 3 is 1.56 bits per heavy atom. The number of rotatable bonds is 4. The van der Waals surface area contributed by atoms with Crippen molar-refractivity contribution >= 4 is 60.9 Å². The van der Waals surface area contributed by atoms with Crippen molar-refractivity contribution in [2.24, 2.45) is 0 Å². The summed E-state index contributed by atoms with van der Waals surface area (Å²) >= 11 is 0. The molecule has 2 aromatic heterocycles. The Morgan fingerprint density at radius 2 is 0.903 bits per heavy atom. The van der Waals surface area contributed by atoms with Gasteiger partial charge in [0, 0.05) is 60.3 Å². The van der Waals surface area contributed by atoms with Crippen LogP contribution in [0.1, 0.15) is 112 Å². The van der Waals surface area contributed by atoms with E-state index in [9.17, 15) is 0 Å². The van der Waals surface area contributed by atoms with E-state index in [0.29, 0.717) is 0 Å². The predicted molar refractivity (Wildman–Crippen MR) is 302 cm³/mol. The number of hydrogen-bond donors (Lipinski definition) is 0. The highest BCUT2D eigenvalue weighted by Crippen LogP contribution is 2.64. The van der Waals surface area contributed by atoms with Crippen LogP contribution in [0.3, 0.4) is 0 Å². The lowest BCUT2D eigenvalue weighted by Gasteiger charge is -2.32. The first-order chi connectivity index (χ1) is 34.5. The molecule has 0 amide bonds. The monoisotopic (exact) mass is 933 g/mol. The molecular weight excluding hydrogens is 875 g/mol. The smallest absolute Gasteiger partial charge is 0.144 e. The highest BCUT2D eigenvalue weighted by molar-refractivity contribution is 6.21. The van der Waals surface area contributed by atoms with Gasteiger partial charge in [-0.25, -0.2) is 0 Å². The third kappa shape index (κ3) is 5.52. The molecule has 0 saturated carbocycles. The van der Waals surface area contributed by atoms with Gasteiger partial charge in [-0.2, -0.15) is 0 Å². The van der Waals surface area contributed by atoms with Crippen LogP contribution in [0.4, 0.5) is 17.1 Å². The highest BCUT2D eigenvalue weighted by atomic mass is 16.3. The van der Waals surface area contributed by atoms with Gasteiger partial charge < -0.3 is 13.7 Å². The fraction of sp³-hybridized carbons (Fsp3) is 0.217. The largest absolute Gasteiger partial charge is 0.455 e. The molecule has 3 nitrogen and oxygen atoms in total. The second-order valence-corrected chi connectivity index (χ2v) is 23.7. The molecule has 72 heavy (non-hydrogen) atoms. The fourth-order valence-electron chi connectivity index (χ4n) is 14.0. The molecule has 0 radical (unpaired) electrons. The summed E-state index contributed by atoms with van der Waals surface area (Å²) in [5.41, 5.74) is 28.4. The number of anilines is 3. The lowest BCUT2D eigenvalue weighted by atomic mass is 9.72. The minimum Gasteiger partial charge on any atom is -0.455 e. The van der Waals surface area contributed by atoms with E-state index >= 15 is 0 Å². The van der Waals surface area contributed by atoms with Crippen molar-refractivity contribution < 1.29 is 8.83 Å². The van der Waals surface area contributed by atoms with Gasteiger partial charge in [-0.15, -0.1) is 0 Å². The molecule has 3 aliphatic rings. The number of furan rings is 2. The van der Waals surface area contributed by atoms with Gasteiger partial charge in [-0.05, 0) is 145 Å². The van der Waals surface area contributed by atoms with E-state index in [4.69, 9.17) is 8.83 Å². The zero-order chi connectivity index (χ0) is 49.5. The normalized spacial score (nSPS) is 15.5. The number of hydrogen-bond acceptors (Lipinski definition) is 3. The van der Waals surface area contributed by atoms with Crippen molar-refractivity contribution in [1.29, 1.82) is 0 Å². The molecule has 0 saturated heterocycles. The summed E-state index contributed by atoms with van der Waals surface area (Å²) in [6, 6.07) is 58.9. The van der Waals surface area contributed by atoms with Crippen LogP contribution in [-0.2, 0) is 21.7 Å². The lowest BCUT2D eigenvalue weighted by molar-refractivity contribution is 0.591. The predicted octanol–water partition coefficient (Wildman–Crippen LogP) is 19.5. The molecule has 14 rings (SSSR count). The van der Waals surface area contributed by atoms with E-state index in [1.807, 2.05) is 0 Å². The van der Waals surface area contributed by atoms with Gasteiger partial charge in [0.05, 0.1) is 5.69 Å². The Hall–Kier alpha value is -7.62. The first kappa shape index (κ1) is 43.2. The Morgan fingerprint density at radius 1 is 0.403 bits per heavy atom. The second kappa shape index (κ2) is 14.3. The van der Waals surface area contributed by atoms with E-state index in [-0.39, 0.29) is 21.7 Å². The maximum atomic E-state index is 7.01. The maximum absolute atomic E-state index is 7.01. The third-order valence-corrected chi connectivity index (χ3v) is 17.4. The molecule has 0 aliphatic heterocycles. The number of aryl methyl sites for hydroxylation is 2. The van der Waals surface area contributed by atoms with Gasteiger partial charge in [-0.1, -0.05) is 178 Å². The minimum absolute atomic E-state index is 0.0591. The molecule has 0 fully saturated rings. The molecule has 3 heteroatoms. The summed E-state index contributed by atoms with van der Waals surface area (Å²) in [4.78, 5) is 2.55. The van der Waals surface area contributed by atoms with Crippen molar-refractivity contribution in [2.75, 3.05) is 4.90 Å². The van der Waals surface area contributed by atoms with Crippen LogP contribution in [0, 0.1) is 13.8 Å². The summed E-state index contributed by atoms with van der Waals surface area (Å²) in [6.07, 6.45) is 0. The van der Waals surface area contributed by atoms with Crippen molar-refractivity contribution in [3.05, 3.63) is 208 Å². The van der Waals surface area contributed by atoms with Gasteiger partial charge in [0.1, 0.15) is 22.3 Å². The van der Waals surface area contributed by atoms with Crippen molar-refractivity contribution in [3.63, 3.8) is 0 Å². The standard InChI is InChI=1S/C69H59NO2/c1-38-21-20-22-39(2)63(38)70(40-31-33-44-51(35-40)67(6,7)53-37-48(42-23-12-16-27-49(42)66(3,4)5)64-58(56(44)53)46-25-14-18-29-54(46)71-64)41-32-34-45-52(36-41)69(10,11)61-57(45)59-47-26-15-19-30-55(47)72-65(59)60-43-24-13-17-28-50(43)68(8,9)62(60)61/h12-37H,1-11H3. The minimum atomic E-state index is -0.327. The van der Waals surface area contributed by atoms with E-state index in [1.165, 1.54) is 111 Å². The number of benzene rings is 9. The van der Waals surface area contributed by atoms with Crippen molar-refractivity contribution in [1.82, 2.24) is 0 Å². The molecule has 9 aromatic carbocycles. The highest BCUT2D eigenvalue weighted by Gasteiger charge is 2.49. The molecule has 3 aliphatic carbocycles. The summed E-state index contributed by atoms with van der Waals surface area (Å²) < 4.78 is 14.0. The molecule has 0 atom stereocenters. The average molecular weight is 934 g/mol. The number of para-hydroxylation sites is 3. The van der Waals surface area contributed by atoms with Crippen LogP contribution in [0.15, 0.2) is 167 Å². The number of fused-ring (bicyclic) bond motifs is 19. The van der Waals surface area contributed by atoms with E-state index < -0.39 is 0 Å². The zero-order valence-electron chi connectivity index (χ0n) is 43.3. The SMILES string of the molecule is Cc1cccc(C)c1N(c1ccc2c(c1)C(C)(C)c1cc(-c3ccccc3C(C)(C)C)c3oc4ccccc4c3c1-2)c1ccc2c(c1)C(C)(C)c1c3c(c4oc5ccccc5c4c1-2)-c1ccccc1C3(C)C. The molecule has 0 bridgehead atoms. The van der Waals surface area contributed by atoms with Crippen LogP contribution in [-0.4, -0.2) is 0 Å². The van der Waals surface area contributed by atoms with Gasteiger partial charge in [0.25, 0.3) is 0 Å². The second-order valence-electron chi connectivity index (χ2n) is 23.7. The molecule has 0 N–H and O–H groups in total. The molecule has 0 unspecified atom stereocenters. The molecular formula is C69H59NO2. The molecule has 0 spiro atoms. The molecule has 11 aromatic rings. The van der Waals surface area contributed by atoms with Gasteiger partial charge in [-0.3, -0.25) is 0 Å². The van der Waals surface area contributed by atoms with E-state index in [1.54, 1.807) is 0 Å². The van der Waals surface area contributed by atoms with Crippen LogP contribution in [0.2, 0.25) is 0 Å². The fourth-order valence-corrected chi connectivity index (χ4v) is 14.0. The van der Waals surface area contributed by atoms with Crippen molar-refractivity contribution in [3.8, 4) is 44.5 Å². The quantitative estimate of drug-likeness (QED) is 0.176. The van der Waals surface area contributed by atoms with Crippen LogP contribution in [0.5, 0.6) is 0 Å². The average Bonchev–Trinajstić information content (AvgIpc) is 4.11. The number of nitrogens with zero attached hydrogens (tertiary/aromatic N) is 1. The summed E-state index contributed by atoms with van der Waals surface area (Å²) in [5.74, 6) is 0. The topological polar surface area (TPSA) is 29.5 Å². The summed E-state index contributed by atoms with van der Waals surface area (Å²) in [7, 11) is 0. The van der Waals surface area contributed by atoms with Crippen LogP contribution < -0.4 is 4.90 Å². The summed E-state index contributed by atoms with van der Waals surface area (Å²) in [5, 5.41) is 4.75. The Bertz CT molecular complexity index is 4180. The van der Waals surface area contributed by atoms with Crippen LogP contribution >= 0.6 is 0 Å². The first-order valence-electron chi connectivity index (χ1n) is 25.8. The third-order valence-electron chi connectivity index (χ3n) is 17.4. The lowest BCUT2D eigenvalue weighted by Crippen LogP contribution is -2.24. The Kier molecular flexibility index (Phi) is 8.57. The van der Waals surface area contributed by atoms with Gasteiger partial charge >= 0.3 is 0 Å². The van der Waals surface area contributed by atoms with Crippen LogP contribution in [0.25, 0.3) is 88.4 Å². The summed E-state index contributed by atoms with van der Waals surface area (Å²) in [6.45, 7) is 26.0. The Balaban J connectivity index is 0.996. The van der Waals surface area contributed by atoms with E-state index in [0.717, 1.165) is 44.7 Å². The first-order valence-corrected chi connectivity index (χ1v) is 25.8. The van der Waals surface area contributed by atoms with Gasteiger partial charge in [0.2, 0.25) is 0 Å².